The second-order valence-electron chi connectivity index (χ2n) is 2.09. The standard InChI is InChI=1S/C8H7BrO2S/c9-3-1-7(8(10)11)6-2-4-12-5-6/h1-2,4-5H,3H2,(H,10,11). The summed E-state index contributed by atoms with van der Waals surface area (Å²) in [5.41, 5.74) is 1.13. The highest BCUT2D eigenvalue weighted by atomic mass is 79.9. The van der Waals surface area contributed by atoms with Crippen molar-refractivity contribution in [1.29, 1.82) is 0 Å². The van der Waals surface area contributed by atoms with Gasteiger partial charge in [-0.1, -0.05) is 22.0 Å². The highest BCUT2D eigenvalue weighted by Crippen LogP contribution is 2.17. The number of rotatable bonds is 3. The number of carboxylic acids is 1. The van der Waals surface area contributed by atoms with Gasteiger partial charge in [-0.15, -0.1) is 0 Å². The van der Waals surface area contributed by atoms with E-state index in [1.807, 2.05) is 10.8 Å². The van der Waals surface area contributed by atoms with Crippen LogP contribution >= 0.6 is 27.3 Å². The molecule has 1 aromatic heterocycles. The molecule has 1 aromatic rings. The van der Waals surface area contributed by atoms with Crippen molar-refractivity contribution in [3.63, 3.8) is 0 Å². The van der Waals surface area contributed by atoms with E-state index in [0.717, 1.165) is 5.56 Å². The molecule has 12 heavy (non-hydrogen) atoms. The maximum Gasteiger partial charge on any atom is 0.336 e. The van der Waals surface area contributed by atoms with Crippen LogP contribution in [0.5, 0.6) is 0 Å². The third-order valence-electron chi connectivity index (χ3n) is 1.34. The van der Waals surface area contributed by atoms with Crippen LogP contribution < -0.4 is 0 Å². The number of carbonyl (C=O) groups is 1. The maximum atomic E-state index is 10.7. The van der Waals surface area contributed by atoms with Crippen LogP contribution in [0.25, 0.3) is 5.57 Å². The summed E-state index contributed by atoms with van der Waals surface area (Å²) in [4.78, 5) is 10.7. The van der Waals surface area contributed by atoms with Gasteiger partial charge in [-0.3, -0.25) is 0 Å². The number of alkyl halides is 1. The average Bonchev–Trinajstić information content (AvgIpc) is 2.51. The molecule has 0 unspecified atom stereocenters. The molecule has 0 saturated carbocycles. The van der Waals surface area contributed by atoms with Crippen molar-refractivity contribution in [2.75, 3.05) is 5.33 Å². The normalized spacial score (nSPS) is 11.6. The Kier molecular flexibility index (Phi) is 3.49. The molecule has 1 N–H and O–H groups in total. The number of allylic oxidation sites excluding steroid dienone is 1. The summed E-state index contributed by atoms with van der Waals surface area (Å²) in [5, 5.41) is 13.0. The van der Waals surface area contributed by atoms with E-state index < -0.39 is 5.97 Å². The van der Waals surface area contributed by atoms with Gasteiger partial charge >= 0.3 is 5.97 Å². The van der Waals surface area contributed by atoms with E-state index in [-0.39, 0.29) is 0 Å². The first-order valence-corrected chi connectivity index (χ1v) is 5.34. The molecule has 64 valence electrons. The maximum absolute atomic E-state index is 10.7. The van der Waals surface area contributed by atoms with Crippen molar-refractivity contribution in [3.05, 3.63) is 28.5 Å². The van der Waals surface area contributed by atoms with Gasteiger partial charge in [0.05, 0.1) is 5.57 Å². The van der Waals surface area contributed by atoms with Gasteiger partial charge in [0.15, 0.2) is 0 Å². The van der Waals surface area contributed by atoms with Gasteiger partial charge in [-0.05, 0) is 22.4 Å². The lowest BCUT2D eigenvalue weighted by atomic mass is 10.1. The van der Waals surface area contributed by atoms with Crippen LogP contribution in [0, 0.1) is 0 Å². The third kappa shape index (κ3) is 2.19. The lowest BCUT2D eigenvalue weighted by molar-refractivity contribution is -0.130. The highest BCUT2D eigenvalue weighted by Gasteiger charge is 2.08. The molecule has 0 atom stereocenters. The van der Waals surface area contributed by atoms with Crippen molar-refractivity contribution in [2.24, 2.45) is 0 Å². The molecule has 4 heteroatoms. The van der Waals surface area contributed by atoms with Crippen LogP contribution in [0.2, 0.25) is 0 Å². The average molecular weight is 247 g/mol. The summed E-state index contributed by atoms with van der Waals surface area (Å²) < 4.78 is 0. The molecular formula is C8H7BrO2S. The molecule has 2 nitrogen and oxygen atoms in total. The van der Waals surface area contributed by atoms with Crippen LogP contribution in [-0.4, -0.2) is 16.4 Å². The smallest absolute Gasteiger partial charge is 0.336 e. The molecule has 0 amide bonds. The van der Waals surface area contributed by atoms with Crippen LogP contribution in [0.4, 0.5) is 0 Å². The largest absolute Gasteiger partial charge is 0.478 e. The number of carboxylic acid groups (broad SMARTS) is 1. The SMILES string of the molecule is O=C(O)C(=CCBr)c1ccsc1. The van der Waals surface area contributed by atoms with Gasteiger partial charge in [-0.25, -0.2) is 4.79 Å². The Labute approximate surface area is 82.7 Å². The van der Waals surface area contributed by atoms with Crippen molar-refractivity contribution in [3.8, 4) is 0 Å². The van der Waals surface area contributed by atoms with E-state index in [1.165, 1.54) is 11.3 Å². The van der Waals surface area contributed by atoms with Gasteiger partial charge in [0, 0.05) is 5.33 Å². The second kappa shape index (κ2) is 4.42. The van der Waals surface area contributed by atoms with E-state index in [0.29, 0.717) is 10.9 Å². The molecule has 0 radical (unpaired) electrons. The Morgan fingerprint density at radius 2 is 2.50 bits per heavy atom. The molecule has 0 spiro atoms. The summed E-state index contributed by atoms with van der Waals surface area (Å²) in [6.45, 7) is 0. The highest BCUT2D eigenvalue weighted by molar-refractivity contribution is 9.09. The Morgan fingerprint density at radius 1 is 1.75 bits per heavy atom. The van der Waals surface area contributed by atoms with Crippen molar-refractivity contribution >= 4 is 38.8 Å². The molecule has 0 fully saturated rings. The van der Waals surface area contributed by atoms with Crippen LogP contribution in [0.15, 0.2) is 22.9 Å². The number of halogens is 1. The Bertz CT molecular complexity index is 290. The van der Waals surface area contributed by atoms with Crippen molar-refractivity contribution in [2.45, 2.75) is 0 Å². The lowest BCUT2D eigenvalue weighted by Crippen LogP contribution is -1.98. The number of hydrogen-bond acceptors (Lipinski definition) is 2. The topological polar surface area (TPSA) is 37.3 Å². The molecular weight excluding hydrogens is 240 g/mol. The van der Waals surface area contributed by atoms with E-state index >= 15 is 0 Å². The Morgan fingerprint density at radius 3 is 2.92 bits per heavy atom. The van der Waals surface area contributed by atoms with E-state index in [4.69, 9.17) is 5.11 Å². The van der Waals surface area contributed by atoms with Crippen molar-refractivity contribution in [1.82, 2.24) is 0 Å². The summed E-state index contributed by atoms with van der Waals surface area (Å²) >= 11 is 4.66. The predicted octanol–water partition coefficient (Wildman–Crippen LogP) is 2.61. The number of thiophene rings is 1. The fraction of sp³-hybridized carbons (Fsp3) is 0.125. The van der Waals surface area contributed by atoms with E-state index in [1.54, 1.807) is 12.1 Å². The lowest BCUT2D eigenvalue weighted by Gasteiger charge is -1.96. The first kappa shape index (κ1) is 9.48. The minimum atomic E-state index is -0.882. The zero-order valence-electron chi connectivity index (χ0n) is 6.16. The van der Waals surface area contributed by atoms with Gasteiger partial charge in [0.2, 0.25) is 0 Å². The second-order valence-corrected chi connectivity index (χ2v) is 3.52. The molecule has 0 aliphatic heterocycles. The first-order chi connectivity index (χ1) is 5.75. The number of hydrogen-bond donors (Lipinski definition) is 1. The number of aliphatic carboxylic acids is 1. The molecule has 0 aromatic carbocycles. The zero-order valence-corrected chi connectivity index (χ0v) is 8.56. The first-order valence-electron chi connectivity index (χ1n) is 3.27. The monoisotopic (exact) mass is 246 g/mol. The zero-order chi connectivity index (χ0) is 8.97. The minimum absolute atomic E-state index is 0.355. The van der Waals surface area contributed by atoms with Crippen molar-refractivity contribution < 1.29 is 9.90 Å². The van der Waals surface area contributed by atoms with Crippen LogP contribution in [0.1, 0.15) is 5.56 Å². The summed E-state index contributed by atoms with van der Waals surface area (Å²) in [6, 6.07) is 1.80. The van der Waals surface area contributed by atoms with Gasteiger partial charge in [-0.2, -0.15) is 11.3 Å². The summed E-state index contributed by atoms with van der Waals surface area (Å²) in [6.07, 6.45) is 1.64. The van der Waals surface area contributed by atoms with E-state index in [9.17, 15) is 4.79 Å². The summed E-state index contributed by atoms with van der Waals surface area (Å²) in [5.74, 6) is -0.882. The molecule has 0 aliphatic carbocycles. The van der Waals surface area contributed by atoms with Crippen LogP contribution in [0.3, 0.4) is 0 Å². The molecule has 1 heterocycles. The Balaban J connectivity index is 2.96. The molecule has 0 aliphatic rings. The fourth-order valence-electron chi connectivity index (χ4n) is 0.824. The third-order valence-corrected chi connectivity index (χ3v) is 2.35. The molecule has 1 rings (SSSR count). The van der Waals surface area contributed by atoms with Gasteiger partial charge in [0.1, 0.15) is 0 Å². The van der Waals surface area contributed by atoms with Gasteiger partial charge < -0.3 is 5.11 Å². The van der Waals surface area contributed by atoms with Gasteiger partial charge in [0.25, 0.3) is 0 Å². The fourth-order valence-corrected chi connectivity index (χ4v) is 1.80. The quantitative estimate of drug-likeness (QED) is 0.658. The Hall–Kier alpha value is -0.610. The van der Waals surface area contributed by atoms with E-state index in [2.05, 4.69) is 15.9 Å². The molecule has 0 saturated heterocycles. The summed E-state index contributed by atoms with van der Waals surface area (Å²) in [7, 11) is 0. The van der Waals surface area contributed by atoms with Crippen LogP contribution in [-0.2, 0) is 4.79 Å². The molecule has 0 bridgehead atoms. The minimum Gasteiger partial charge on any atom is -0.478 e. The predicted molar refractivity (Wildman–Crippen MR) is 53.7 cm³/mol.